The molecular formula is C9H15NO. The van der Waals surface area contributed by atoms with Gasteiger partial charge in [0.25, 0.3) is 0 Å². The van der Waals surface area contributed by atoms with Crippen LogP contribution in [0.25, 0.3) is 0 Å². The number of rotatable bonds is 4. The maximum absolute atomic E-state index is 8.62. The van der Waals surface area contributed by atoms with Gasteiger partial charge in [0, 0.05) is 0 Å². The third-order valence-corrected chi connectivity index (χ3v) is 1.29. The minimum Gasteiger partial charge on any atom is -0.394 e. The van der Waals surface area contributed by atoms with E-state index in [0.717, 1.165) is 5.57 Å². The van der Waals surface area contributed by atoms with Crippen LogP contribution in [0.2, 0.25) is 0 Å². The summed E-state index contributed by atoms with van der Waals surface area (Å²) in [6.07, 6.45) is 7.43. The smallest absolute Gasteiger partial charge is 0.0624 e. The zero-order valence-corrected chi connectivity index (χ0v) is 6.83. The Bertz CT molecular complexity index is 170. The van der Waals surface area contributed by atoms with E-state index in [4.69, 9.17) is 10.8 Å². The van der Waals surface area contributed by atoms with Gasteiger partial charge in [0.1, 0.15) is 0 Å². The number of aliphatic hydroxyl groups is 1. The van der Waals surface area contributed by atoms with E-state index in [0.29, 0.717) is 0 Å². The monoisotopic (exact) mass is 153 g/mol. The van der Waals surface area contributed by atoms with Crippen LogP contribution in [0.3, 0.4) is 0 Å². The van der Waals surface area contributed by atoms with Crippen molar-refractivity contribution in [3.8, 4) is 0 Å². The fourth-order valence-corrected chi connectivity index (χ4v) is 0.531. The third-order valence-electron chi connectivity index (χ3n) is 1.29. The van der Waals surface area contributed by atoms with Crippen LogP contribution in [-0.4, -0.2) is 17.8 Å². The molecule has 3 N–H and O–H groups in total. The molecule has 2 heteroatoms. The summed E-state index contributed by atoms with van der Waals surface area (Å²) >= 11 is 0. The molecule has 0 bridgehead atoms. The topological polar surface area (TPSA) is 46.2 Å². The molecule has 1 unspecified atom stereocenters. The quantitative estimate of drug-likeness (QED) is 0.592. The lowest BCUT2D eigenvalue weighted by Crippen LogP contribution is -2.25. The Hall–Kier alpha value is -0.860. The number of hydrogen-bond acceptors (Lipinski definition) is 2. The van der Waals surface area contributed by atoms with E-state index in [9.17, 15) is 0 Å². The van der Waals surface area contributed by atoms with E-state index in [1.54, 1.807) is 6.08 Å². The molecule has 0 rings (SSSR count). The van der Waals surface area contributed by atoms with Crippen LogP contribution in [0.4, 0.5) is 0 Å². The average Bonchev–Trinajstić information content (AvgIpc) is 2.03. The fourth-order valence-electron chi connectivity index (χ4n) is 0.531. The third kappa shape index (κ3) is 4.53. The first-order valence-corrected chi connectivity index (χ1v) is 3.57. The predicted octanol–water partition coefficient (Wildman–Crippen LogP) is 0.994. The normalized spacial score (nSPS) is 14.5. The van der Waals surface area contributed by atoms with Gasteiger partial charge in [-0.05, 0) is 12.5 Å². The Morgan fingerprint density at radius 3 is 2.73 bits per heavy atom. The molecule has 0 aromatic carbocycles. The van der Waals surface area contributed by atoms with Gasteiger partial charge in [-0.15, -0.1) is 0 Å². The summed E-state index contributed by atoms with van der Waals surface area (Å²) < 4.78 is 0. The minimum absolute atomic E-state index is 0.0565. The minimum atomic E-state index is -0.337. The molecule has 0 aromatic rings. The Kier molecular flexibility index (Phi) is 5.43. The van der Waals surface area contributed by atoms with E-state index in [-0.39, 0.29) is 12.6 Å². The number of nitrogens with two attached hydrogens (primary N) is 1. The van der Waals surface area contributed by atoms with Crippen LogP contribution in [0.5, 0.6) is 0 Å². The molecular weight excluding hydrogens is 138 g/mol. The van der Waals surface area contributed by atoms with Crippen molar-refractivity contribution >= 4 is 0 Å². The van der Waals surface area contributed by atoms with Gasteiger partial charge in [-0.1, -0.05) is 30.9 Å². The van der Waals surface area contributed by atoms with Crippen LogP contribution in [0.1, 0.15) is 6.92 Å². The SMILES string of the molecule is C=C(/C=C\C=C/C)C(N)CO. The second-order valence-electron chi connectivity index (χ2n) is 2.25. The van der Waals surface area contributed by atoms with Crippen molar-refractivity contribution in [2.75, 3.05) is 6.61 Å². The Balaban J connectivity index is 3.86. The molecule has 0 fully saturated rings. The Morgan fingerprint density at radius 1 is 1.64 bits per heavy atom. The van der Waals surface area contributed by atoms with Crippen LogP contribution in [-0.2, 0) is 0 Å². The Morgan fingerprint density at radius 2 is 2.27 bits per heavy atom. The summed E-state index contributed by atoms with van der Waals surface area (Å²) in [5.41, 5.74) is 6.22. The van der Waals surface area contributed by atoms with Crippen molar-refractivity contribution < 1.29 is 5.11 Å². The summed E-state index contributed by atoms with van der Waals surface area (Å²) in [6.45, 7) is 5.56. The summed E-state index contributed by atoms with van der Waals surface area (Å²) in [5, 5.41) is 8.62. The standard InChI is InChI=1S/C9H15NO/c1-3-4-5-6-8(2)9(10)7-11/h3-6,9,11H,2,7,10H2,1H3/b4-3-,6-5-. The van der Waals surface area contributed by atoms with Crippen LogP contribution >= 0.6 is 0 Å². The van der Waals surface area contributed by atoms with Gasteiger partial charge in [-0.25, -0.2) is 0 Å². The molecule has 0 aromatic heterocycles. The number of allylic oxidation sites excluding steroid dienone is 3. The highest BCUT2D eigenvalue weighted by molar-refractivity contribution is 5.23. The van der Waals surface area contributed by atoms with Gasteiger partial charge >= 0.3 is 0 Å². The molecule has 2 nitrogen and oxygen atoms in total. The predicted molar refractivity (Wildman–Crippen MR) is 48.2 cm³/mol. The van der Waals surface area contributed by atoms with Crippen LogP contribution in [0.15, 0.2) is 36.5 Å². The first-order chi connectivity index (χ1) is 5.22. The van der Waals surface area contributed by atoms with E-state index in [1.165, 1.54) is 0 Å². The maximum Gasteiger partial charge on any atom is 0.0624 e. The lowest BCUT2D eigenvalue weighted by molar-refractivity contribution is 0.281. The second-order valence-corrected chi connectivity index (χ2v) is 2.25. The lowest BCUT2D eigenvalue weighted by atomic mass is 10.1. The molecule has 0 saturated heterocycles. The zero-order valence-electron chi connectivity index (χ0n) is 6.83. The van der Waals surface area contributed by atoms with Crippen molar-refractivity contribution in [3.63, 3.8) is 0 Å². The van der Waals surface area contributed by atoms with Crippen molar-refractivity contribution in [2.45, 2.75) is 13.0 Å². The van der Waals surface area contributed by atoms with Crippen molar-refractivity contribution in [3.05, 3.63) is 36.5 Å². The molecule has 0 aliphatic rings. The summed E-state index contributed by atoms with van der Waals surface area (Å²) in [4.78, 5) is 0. The Labute approximate surface area is 67.7 Å². The largest absolute Gasteiger partial charge is 0.394 e. The molecule has 0 heterocycles. The molecule has 0 spiro atoms. The van der Waals surface area contributed by atoms with Gasteiger partial charge in [0.05, 0.1) is 12.6 Å². The molecule has 0 aliphatic heterocycles. The molecule has 0 aliphatic carbocycles. The second kappa shape index (κ2) is 5.89. The molecule has 0 radical (unpaired) electrons. The van der Waals surface area contributed by atoms with Crippen LogP contribution in [0, 0.1) is 0 Å². The van der Waals surface area contributed by atoms with Crippen molar-refractivity contribution in [1.82, 2.24) is 0 Å². The van der Waals surface area contributed by atoms with Crippen molar-refractivity contribution in [1.29, 1.82) is 0 Å². The number of hydrogen-bond donors (Lipinski definition) is 2. The van der Waals surface area contributed by atoms with Crippen LogP contribution < -0.4 is 5.73 Å². The van der Waals surface area contributed by atoms with E-state index in [2.05, 4.69) is 6.58 Å². The summed E-state index contributed by atoms with van der Waals surface area (Å²) in [5.74, 6) is 0. The highest BCUT2D eigenvalue weighted by atomic mass is 16.3. The van der Waals surface area contributed by atoms with Gasteiger partial charge in [-0.2, -0.15) is 0 Å². The zero-order chi connectivity index (χ0) is 8.69. The fraction of sp³-hybridized carbons (Fsp3) is 0.333. The van der Waals surface area contributed by atoms with Gasteiger partial charge < -0.3 is 10.8 Å². The summed E-state index contributed by atoms with van der Waals surface area (Å²) in [6, 6.07) is -0.337. The molecule has 1 atom stereocenters. The van der Waals surface area contributed by atoms with Crippen molar-refractivity contribution in [2.24, 2.45) is 5.73 Å². The van der Waals surface area contributed by atoms with Gasteiger partial charge in [0.15, 0.2) is 0 Å². The highest BCUT2D eigenvalue weighted by Gasteiger charge is 1.99. The molecule has 0 amide bonds. The first-order valence-electron chi connectivity index (χ1n) is 3.57. The molecule has 62 valence electrons. The molecule has 11 heavy (non-hydrogen) atoms. The molecule has 0 saturated carbocycles. The van der Waals surface area contributed by atoms with Gasteiger partial charge in [-0.3, -0.25) is 0 Å². The highest BCUT2D eigenvalue weighted by Crippen LogP contribution is 1.97. The summed E-state index contributed by atoms with van der Waals surface area (Å²) in [7, 11) is 0. The average molecular weight is 153 g/mol. The lowest BCUT2D eigenvalue weighted by Gasteiger charge is -2.05. The number of aliphatic hydroxyl groups excluding tert-OH is 1. The van der Waals surface area contributed by atoms with E-state index in [1.807, 2.05) is 25.2 Å². The maximum atomic E-state index is 8.62. The first kappa shape index (κ1) is 10.1. The van der Waals surface area contributed by atoms with E-state index >= 15 is 0 Å². The van der Waals surface area contributed by atoms with Gasteiger partial charge in [0.2, 0.25) is 0 Å². The van der Waals surface area contributed by atoms with E-state index < -0.39 is 0 Å².